The van der Waals surface area contributed by atoms with Crippen molar-refractivity contribution in [2.45, 2.75) is 10.9 Å². The number of aromatic nitrogens is 1. The third kappa shape index (κ3) is 4.91. The molecule has 1 aliphatic heterocycles. The summed E-state index contributed by atoms with van der Waals surface area (Å²) >= 11 is 13.2. The normalized spacial score (nSPS) is 17.1. The van der Waals surface area contributed by atoms with Crippen molar-refractivity contribution in [3.63, 3.8) is 0 Å². The van der Waals surface area contributed by atoms with E-state index in [1.54, 1.807) is 53.9 Å². The molecule has 38 heavy (non-hydrogen) atoms. The summed E-state index contributed by atoms with van der Waals surface area (Å²) in [6.07, 6.45) is 1.48. The number of carbonyl (C=O) groups excluding carboxylic acids is 2. The summed E-state index contributed by atoms with van der Waals surface area (Å²) in [7, 11) is -3.93. The number of nitrogens with one attached hydrogen (secondary N) is 1. The van der Waals surface area contributed by atoms with E-state index in [-0.39, 0.29) is 27.0 Å². The monoisotopic (exact) mass is 585 g/mol. The Labute approximate surface area is 231 Å². The minimum absolute atomic E-state index is 0.0581. The van der Waals surface area contributed by atoms with E-state index in [9.17, 15) is 23.1 Å². The molecule has 1 unspecified atom stereocenters. The second kappa shape index (κ2) is 10.2. The van der Waals surface area contributed by atoms with Crippen molar-refractivity contribution in [3.8, 4) is 0 Å². The van der Waals surface area contributed by atoms with Gasteiger partial charge in [-0.05, 0) is 66.2 Å². The van der Waals surface area contributed by atoms with Crippen LogP contribution in [0.3, 0.4) is 0 Å². The molecule has 1 aromatic heterocycles. The van der Waals surface area contributed by atoms with Crippen molar-refractivity contribution < 1.29 is 23.1 Å². The molecular weight excluding hydrogens is 569 g/mol. The first kappa shape index (κ1) is 25.9. The van der Waals surface area contributed by atoms with Crippen LogP contribution in [0.2, 0.25) is 10.0 Å². The lowest BCUT2D eigenvalue weighted by molar-refractivity contribution is -0.132. The molecule has 0 bridgehead atoms. The van der Waals surface area contributed by atoms with Gasteiger partial charge in [0.2, 0.25) is 0 Å². The Bertz CT molecular complexity index is 1650. The van der Waals surface area contributed by atoms with Crippen LogP contribution in [0, 0.1) is 0 Å². The number of hydrogen-bond acceptors (Lipinski definition) is 7. The van der Waals surface area contributed by atoms with Crippen molar-refractivity contribution in [1.82, 2.24) is 4.98 Å². The molecule has 4 aromatic rings. The average molecular weight is 586 g/mol. The minimum atomic E-state index is -3.93. The number of amides is 1. The van der Waals surface area contributed by atoms with Crippen molar-refractivity contribution in [2.24, 2.45) is 0 Å². The van der Waals surface area contributed by atoms with Gasteiger partial charge in [0.25, 0.3) is 21.7 Å². The number of halogens is 2. The molecule has 1 fully saturated rings. The molecule has 192 valence electrons. The van der Waals surface area contributed by atoms with Gasteiger partial charge in [0.05, 0.1) is 16.5 Å². The first-order valence-corrected chi connectivity index (χ1v) is 14.1. The fourth-order valence-corrected chi connectivity index (χ4v) is 6.10. The Morgan fingerprint density at radius 1 is 0.921 bits per heavy atom. The number of thiazole rings is 1. The van der Waals surface area contributed by atoms with Gasteiger partial charge in [0.15, 0.2) is 5.13 Å². The van der Waals surface area contributed by atoms with Crippen LogP contribution in [-0.4, -0.2) is 30.2 Å². The largest absolute Gasteiger partial charge is 0.507 e. The van der Waals surface area contributed by atoms with Gasteiger partial charge in [0, 0.05) is 32.9 Å². The van der Waals surface area contributed by atoms with Gasteiger partial charge >= 0.3 is 0 Å². The lowest BCUT2D eigenvalue weighted by Gasteiger charge is -2.25. The number of nitrogens with zero attached hydrogens (tertiary/aromatic N) is 2. The molecular formula is C26H17Cl2N3O5S2. The van der Waals surface area contributed by atoms with Crippen molar-refractivity contribution in [3.05, 3.63) is 111 Å². The number of Topliss-reactive ketones (excluding diaryl/α,β-unsaturated/α-hetero) is 1. The highest BCUT2D eigenvalue weighted by atomic mass is 35.5. The predicted molar refractivity (Wildman–Crippen MR) is 147 cm³/mol. The van der Waals surface area contributed by atoms with Gasteiger partial charge in [-0.15, -0.1) is 11.3 Å². The van der Waals surface area contributed by atoms with E-state index in [0.29, 0.717) is 21.2 Å². The standard InChI is InChI=1S/C26H17Cl2N3O5S2/c27-17-5-1-15(2-6-17)22-21(23(32)16-3-7-18(28)8-4-16)24(33)25(34)31(22)19-9-11-20(12-10-19)38(35,36)30-26-29-13-14-37-26/h1-14,22,32H,(H,29,30)/b23-21-. The molecule has 3 aromatic carbocycles. The molecule has 12 heteroatoms. The quantitative estimate of drug-likeness (QED) is 0.166. The Kier molecular flexibility index (Phi) is 6.97. The van der Waals surface area contributed by atoms with Crippen molar-refractivity contribution >= 4 is 72.8 Å². The molecule has 2 heterocycles. The van der Waals surface area contributed by atoms with Gasteiger partial charge in [0.1, 0.15) is 5.76 Å². The molecule has 1 aliphatic rings. The topological polar surface area (TPSA) is 117 Å². The average Bonchev–Trinajstić information content (AvgIpc) is 3.50. The van der Waals surface area contributed by atoms with Crippen molar-refractivity contribution in [1.29, 1.82) is 0 Å². The number of sulfonamides is 1. The summed E-state index contributed by atoms with van der Waals surface area (Å²) in [5.41, 5.74) is 0.962. The second-order valence-corrected chi connectivity index (χ2v) is 11.6. The van der Waals surface area contributed by atoms with Crippen LogP contribution in [0.15, 0.2) is 94.8 Å². The van der Waals surface area contributed by atoms with Gasteiger partial charge in [-0.1, -0.05) is 35.3 Å². The maximum absolute atomic E-state index is 13.3. The molecule has 0 aliphatic carbocycles. The van der Waals surface area contributed by atoms with Crippen molar-refractivity contribution in [2.75, 3.05) is 9.62 Å². The molecule has 0 saturated carbocycles. The van der Waals surface area contributed by atoms with E-state index in [4.69, 9.17) is 23.2 Å². The molecule has 5 rings (SSSR count). The molecule has 0 spiro atoms. The molecule has 1 saturated heterocycles. The Balaban J connectivity index is 1.59. The predicted octanol–water partition coefficient (Wildman–Crippen LogP) is 5.88. The summed E-state index contributed by atoms with van der Waals surface area (Å²) in [5.74, 6) is -2.13. The maximum atomic E-state index is 13.3. The van der Waals surface area contributed by atoms with E-state index in [1.807, 2.05) is 0 Å². The smallest absolute Gasteiger partial charge is 0.300 e. The Hall–Kier alpha value is -3.70. The van der Waals surface area contributed by atoms with E-state index in [0.717, 1.165) is 11.3 Å². The summed E-state index contributed by atoms with van der Waals surface area (Å²) in [5, 5.41) is 13.9. The zero-order valence-electron chi connectivity index (χ0n) is 19.2. The summed E-state index contributed by atoms with van der Waals surface area (Å²) in [4.78, 5) is 31.6. The highest BCUT2D eigenvalue weighted by Gasteiger charge is 2.47. The van der Waals surface area contributed by atoms with E-state index in [2.05, 4.69) is 9.71 Å². The highest BCUT2D eigenvalue weighted by Crippen LogP contribution is 2.42. The third-order valence-electron chi connectivity index (χ3n) is 5.83. The second-order valence-electron chi connectivity index (χ2n) is 8.16. The summed E-state index contributed by atoms with van der Waals surface area (Å²) in [6, 6.07) is 17.2. The number of aliphatic hydroxyl groups is 1. The Morgan fingerprint density at radius 2 is 1.53 bits per heavy atom. The number of carbonyl (C=O) groups is 2. The molecule has 1 atom stereocenters. The van der Waals surface area contributed by atoms with E-state index < -0.39 is 27.8 Å². The first-order valence-electron chi connectivity index (χ1n) is 11.0. The number of hydrogen-bond donors (Lipinski definition) is 2. The first-order chi connectivity index (χ1) is 18.2. The van der Waals surface area contributed by atoms with Crippen LogP contribution in [0.25, 0.3) is 5.76 Å². The molecule has 1 amide bonds. The van der Waals surface area contributed by atoms with Gasteiger partial charge in [-0.25, -0.2) is 13.4 Å². The lowest BCUT2D eigenvalue weighted by Crippen LogP contribution is -2.29. The minimum Gasteiger partial charge on any atom is -0.507 e. The van der Waals surface area contributed by atoms with Crippen LogP contribution >= 0.6 is 34.5 Å². The number of ketones is 1. The zero-order valence-corrected chi connectivity index (χ0v) is 22.4. The van der Waals surface area contributed by atoms with Gasteiger partial charge in [-0.2, -0.15) is 0 Å². The number of aliphatic hydroxyl groups excluding tert-OH is 1. The summed E-state index contributed by atoms with van der Waals surface area (Å²) < 4.78 is 27.9. The lowest BCUT2D eigenvalue weighted by atomic mass is 9.95. The van der Waals surface area contributed by atoms with Crippen LogP contribution in [-0.2, 0) is 19.6 Å². The Morgan fingerprint density at radius 3 is 2.11 bits per heavy atom. The number of anilines is 2. The molecule has 2 N–H and O–H groups in total. The number of rotatable bonds is 6. The maximum Gasteiger partial charge on any atom is 0.300 e. The van der Waals surface area contributed by atoms with Crippen LogP contribution in [0.4, 0.5) is 10.8 Å². The SMILES string of the molecule is O=C1C(=O)N(c2ccc(S(=O)(=O)Nc3nccs3)cc2)C(c2ccc(Cl)cc2)/C1=C(/O)c1ccc(Cl)cc1. The third-order valence-corrected chi connectivity index (χ3v) is 8.50. The molecule has 8 nitrogen and oxygen atoms in total. The van der Waals surface area contributed by atoms with Gasteiger partial charge in [-0.3, -0.25) is 19.2 Å². The zero-order chi connectivity index (χ0) is 27.0. The summed E-state index contributed by atoms with van der Waals surface area (Å²) in [6.45, 7) is 0. The fraction of sp³-hybridized carbons (Fsp3) is 0.0385. The number of benzene rings is 3. The van der Waals surface area contributed by atoms with Crippen LogP contribution < -0.4 is 9.62 Å². The molecule has 0 radical (unpaired) electrons. The van der Waals surface area contributed by atoms with E-state index in [1.165, 1.54) is 35.4 Å². The van der Waals surface area contributed by atoms with Crippen LogP contribution in [0.5, 0.6) is 0 Å². The van der Waals surface area contributed by atoms with E-state index >= 15 is 0 Å². The van der Waals surface area contributed by atoms with Crippen LogP contribution in [0.1, 0.15) is 17.2 Å². The highest BCUT2D eigenvalue weighted by molar-refractivity contribution is 7.93. The fourth-order valence-electron chi connectivity index (χ4n) is 4.06. The van der Waals surface area contributed by atoms with Gasteiger partial charge < -0.3 is 5.11 Å².